The van der Waals surface area contributed by atoms with Gasteiger partial charge in [0.05, 0.1) is 5.69 Å². The van der Waals surface area contributed by atoms with Crippen LogP contribution in [0.2, 0.25) is 5.02 Å². The van der Waals surface area contributed by atoms with E-state index in [1.807, 2.05) is 32.8 Å². The molecule has 1 saturated heterocycles. The Balaban J connectivity index is 2.40. The second-order valence-corrected chi connectivity index (χ2v) is 7.48. The number of nitrogens with one attached hydrogen (secondary N) is 1. The van der Waals surface area contributed by atoms with E-state index >= 15 is 0 Å². The maximum atomic E-state index is 12.9. The van der Waals surface area contributed by atoms with Crippen LogP contribution >= 0.6 is 23.8 Å². The number of halogens is 1. The number of carbonyl (C=O) groups is 2. The average Bonchev–Trinajstić information content (AvgIpc) is 2.44. The Hall–Kier alpha value is -1.76. The van der Waals surface area contributed by atoms with E-state index in [9.17, 15) is 9.59 Å². The molecule has 1 aromatic rings. The van der Waals surface area contributed by atoms with Crippen molar-refractivity contribution < 1.29 is 9.59 Å². The first-order chi connectivity index (χ1) is 11.1. The minimum atomic E-state index is -0.470. The summed E-state index contributed by atoms with van der Waals surface area (Å²) in [7, 11) is 3.89. The molecule has 2 rings (SSSR count). The summed E-state index contributed by atoms with van der Waals surface area (Å²) in [5, 5.41) is 3.20. The van der Waals surface area contributed by atoms with Gasteiger partial charge in [0.2, 0.25) is 0 Å². The monoisotopic (exact) mass is 365 g/mol. The molecule has 0 aliphatic carbocycles. The lowest BCUT2D eigenvalue weighted by atomic mass is 9.89. The van der Waals surface area contributed by atoms with Gasteiger partial charge in [-0.05, 0) is 56.0 Å². The minimum Gasteiger partial charge on any atom is -0.309 e. The van der Waals surface area contributed by atoms with Gasteiger partial charge in [0, 0.05) is 11.6 Å². The largest absolute Gasteiger partial charge is 0.309 e. The molecule has 0 atom stereocenters. The van der Waals surface area contributed by atoms with Gasteiger partial charge in [-0.3, -0.25) is 19.8 Å². The van der Waals surface area contributed by atoms with Gasteiger partial charge in [0.1, 0.15) is 5.57 Å². The molecule has 1 aliphatic rings. The zero-order chi connectivity index (χ0) is 18.1. The van der Waals surface area contributed by atoms with Gasteiger partial charge in [0.15, 0.2) is 5.11 Å². The van der Waals surface area contributed by atoms with Crippen LogP contribution in [-0.4, -0.2) is 42.5 Å². The highest BCUT2D eigenvalue weighted by Crippen LogP contribution is 2.26. The fraction of sp³-hybridized carbons (Fsp3) is 0.353. The van der Waals surface area contributed by atoms with Gasteiger partial charge in [-0.2, -0.15) is 0 Å². The van der Waals surface area contributed by atoms with Crippen LogP contribution in [0.4, 0.5) is 5.69 Å². The highest BCUT2D eigenvalue weighted by molar-refractivity contribution is 7.80. The maximum absolute atomic E-state index is 12.9. The van der Waals surface area contributed by atoms with Crippen LogP contribution in [0.3, 0.4) is 0 Å². The van der Waals surface area contributed by atoms with Crippen LogP contribution in [0.5, 0.6) is 0 Å². The number of amides is 2. The molecule has 0 bridgehead atoms. The Morgan fingerprint density at radius 3 is 2.38 bits per heavy atom. The highest BCUT2D eigenvalue weighted by atomic mass is 35.5. The summed E-state index contributed by atoms with van der Waals surface area (Å²) in [6.07, 6.45) is 1.70. The number of hydrogen-bond acceptors (Lipinski definition) is 4. The predicted molar refractivity (Wildman–Crippen MR) is 100 cm³/mol. The van der Waals surface area contributed by atoms with Crippen LogP contribution in [0.25, 0.3) is 0 Å². The molecule has 1 heterocycles. The molecule has 1 N–H and O–H groups in total. The quantitative estimate of drug-likeness (QED) is 0.506. The number of rotatable bonds is 4. The molecule has 0 aromatic heterocycles. The Bertz CT molecular complexity index is 711. The van der Waals surface area contributed by atoms with E-state index in [1.54, 1.807) is 30.3 Å². The van der Waals surface area contributed by atoms with E-state index in [0.29, 0.717) is 17.3 Å². The highest BCUT2D eigenvalue weighted by Gasteiger charge is 2.36. The molecular formula is C17H20ClN3O2S. The number of carbonyl (C=O) groups excluding carboxylic acids is 2. The van der Waals surface area contributed by atoms with Crippen LogP contribution < -0.4 is 10.2 Å². The summed E-state index contributed by atoms with van der Waals surface area (Å²) >= 11 is 11.1. The Kier molecular flexibility index (Phi) is 5.42. The topological polar surface area (TPSA) is 52.7 Å². The van der Waals surface area contributed by atoms with E-state index in [2.05, 4.69) is 5.32 Å². The number of anilines is 1. The van der Waals surface area contributed by atoms with Crippen LogP contribution in [0.15, 0.2) is 35.9 Å². The van der Waals surface area contributed by atoms with Crippen molar-refractivity contribution in [3.8, 4) is 0 Å². The molecule has 128 valence electrons. The third-order valence-corrected chi connectivity index (χ3v) is 3.98. The van der Waals surface area contributed by atoms with Crippen LogP contribution in [0, 0.1) is 5.41 Å². The Morgan fingerprint density at radius 2 is 1.83 bits per heavy atom. The van der Waals surface area contributed by atoms with Gasteiger partial charge in [0.25, 0.3) is 11.8 Å². The van der Waals surface area contributed by atoms with E-state index < -0.39 is 11.8 Å². The maximum Gasteiger partial charge on any atom is 0.269 e. The lowest BCUT2D eigenvalue weighted by Crippen LogP contribution is -2.54. The van der Waals surface area contributed by atoms with Gasteiger partial charge in [-0.15, -0.1) is 0 Å². The SMILES string of the molecule is CN(C)CC(C)(C)C=C1C(=O)NC(=S)N(c2ccc(Cl)cc2)C1=O. The molecule has 2 amide bonds. The molecule has 0 spiro atoms. The third kappa shape index (κ3) is 4.20. The normalized spacial score (nSPS) is 17.7. The summed E-state index contributed by atoms with van der Waals surface area (Å²) in [6, 6.07) is 6.71. The molecular weight excluding hydrogens is 346 g/mol. The first kappa shape index (κ1) is 18.6. The van der Waals surface area contributed by atoms with Crippen molar-refractivity contribution in [2.45, 2.75) is 13.8 Å². The lowest BCUT2D eigenvalue weighted by Gasteiger charge is -2.31. The van der Waals surface area contributed by atoms with Crippen molar-refractivity contribution in [2.24, 2.45) is 5.41 Å². The lowest BCUT2D eigenvalue weighted by molar-refractivity contribution is -0.122. The standard InChI is InChI=1S/C17H20ClN3O2S/c1-17(2,10-20(3)4)9-13-14(22)19-16(24)21(15(13)23)12-7-5-11(18)6-8-12/h5-9H,10H2,1-4H3,(H,19,22,24). The summed E-state index contributed by atoms with van der Waals surface area (Å²) in [6.45, 7) is 4.64. The first-order valence-electron chi connectivity index (χ1n) is 7.44. The molecule has 0 radical (unpaired) electrons. The number of benzene rings is 1. The van der Waals surface area contributed by atoms with E-state index in [0.717, 1.165) is 0 Å². The molecule has 1 fully saturated rings. The number of nitrogens with zero attached hydrogens (tertiary/aromatic N) is 2. The van der Waals surface area contributed by atoms with Crippen molar-refractivity contribution in [3.05, 3.63) is 40.9 Å². The van der Waals surface area contributed by atoms with Gasteiger partial charge in [-0.25, -0.2) is 0 Å². The van der Waals surface area contributed by atoms with Crippen molar-refractivity contribution in [2.75, 3.05) is 25.5 Å². The van der Waals surface area contributed by atoms with E-state index in [4.69, 9.17) is 23.8 Å². The van der Waals surface area contributed by atoms with E-state index in [-0.39, 0.29) is 16.1 Å². The fourth-order valence-corrected chi connectivity index (χ4v) is 3.14. The number of thiocarbonyl (C=S) groups is 1. The minimum absolute atomic E-state index is 0.0647. The van der Waals surface area contributed by atoms with Crippen LogP contribution in [0.1, 0.15) is 13.8 Å². The first-order valence-corrected chi connectivity index (χ1v) is 8.22. The Labute approximate surface area is 152 Å². The van der Waals surface area contributed by atoms with Crippen molar-refractivity contribution in [1.29, 1.82) is 0 Å². The van der Waals surface area contributed by atoms with Crippen molar-refractivity contribution >= 4 is 46.4 Å². The smallest absolute Gasteiger partial charge is 0.269 e. The van der Waals surface area contributed by atoms with Gasteiger partial charge < -0.3 is 4.90 Å². The molecule has 0 unspecified atom stereocenters. The van der Waals surface area contributed by atoms with Gasteiger partial charge in [-0.1, -0.05) is 31.5 Å². The molecule has 5 nitrogen and oxygen atoms in total. The number of hydrogen-bond donors (Lipinski definition) is 1. The molecule has 7 heteroatoms. The van der Waals surface area contributed by atoms with Gasteiger partial charge >= 0.3 is 0 Å². The summed E-state index contributed by atoms with van der Waals surface area (Å²) < 4.78 is 0. The summed E-state index contributed by atoms with van der Waals surface area (Å²) in [5.41, 5.74) is 0.298. The fourth-order valence-electron chi connectivity index (χ4n) is 2.73. The summed E-state index contributed by atoms with van der Waals surface area (Å²) in [4.78, 5) is 28.4. The predicted octanol–water partition coefficient (Wildman–Crippen LogP) is 2.60. The zero-order valence-corrected chi connectivity index (χ0v) is 15.7. The zero-order valence-electron chi connectivity index (χ0n) is 14.1. The van der Waals surface area contributed by atoms with Crippen molar-refractivity contribution in [1.82, 2.24) is 10.2 Å². The average molecular weight is 366 g/mol. The van der Waals surface area contributed by atoms with Crippen LogP contribution in [-0.2, 0) is 9.59 Å². The summed E-state index contributed by atoms with van der Waals surface area (Å²) in [5.74, 6) is -0.903. The van der Waals surface area contributed by atoms with Crippen molar-refractivity contribution in [3.63, 3.8) is 0 Å². The van der Waals surface area contributed by atoms with E-state index in [1.165, 1.54) is 4.90 Å². The Morgan fingerprint density at radius 1 is 1.25 bits per heavy atom. The molecule has 1 aliphatic heterocycles. The second-order valence-electron chi connectivity index (χ2n) is 6.66. The third-order valence-electron chi connectivity index (χ3n) is 3.45. The molecule has 1 aromatic carbocycles. The molecule has 0 saturated carbocycles. The molecule has 24 heavy (non-hydrogen) atoms. The second kappa shape index (κ2) is 7.01.